The van der Waals surface area contributed by atoms with E-state index < -0.39 is 5.60 Å². The fraction of sp³-hybridized carbons (Fsp3) is 0.727. The van der Waals surface area contributed by atoms with E-state index in [0.29, 0.717) is 13.0 Å². The van der Waals surface area contributed by atoms with Gasteiger partial charge in [0.2, 0.25) is 4.96 Å². The van der Waals surface area contributed by atoms with E-state index in [1.54, 1.807) is 11.4 Å². The van der Waals surface area contributed by atoms with Crippen molar-refractivity contribution in [3.8, 4) is 0 Å². The molecular weight excluding hydrogens is 266 g/mol. The predicted molar refractivity (Wildman–Crippen MR) is 70.2 cm³/mol. The lowest BCUT2D eigenvalue weighted by Crippen LogP contribution is -2.36. The summed E-state index contributed by atoms with van der Waals surface area (Å²) in [5, 5.41) is 23.6. The van der Waals surface area contributed by atoms with E-state index in [1.165, 1.54) is 11.3 Å². The molecule has 3 rings (SSSR count). The minimum absolute atomic E-state index is 0.205. The van der Waals surface area contributed by atoms with Crippen LogP contribution < -0.4 is 5.73 Å². The molecule has 1 saturated heterocycles. The van der Waals surface area contributed by atoms with Gasteiger partial charge in [0.25, 0.3) is 0 Å². The number of fused-ring (bicyclic) bond motifs is 1. The zero-order valence-electron chi connectivity index (χ0n) is 10.7. The number of aromatic nitrogens is 4. The summed E-state index contributed by atoms with van der Waals surface area (Å²) in [6.07, 6.45) is 1.38. The smallest absolute Gasteiger partial charge is 0.234 e. The quantitative estimate of drug-likeness (QED) is 0.816. The molecule has 0 amide bonds. The largest absolute Gasteiger partial charge is 0.388 e. The van der Waals surface area contributed by atoms with Gasteiger partial charge in [-0.1, -0.05) is 11.3 Å². The molecule has 7 nitrogen and oxygen atoms in total. The Morgan fingerprint density at radius 3 is 3.11 bits per heavy atom. The van der Waals surface area contributed by atoms with Crippen LogP contribution in [-0.2, 0) is 11.2 Å². The SMILES string of the molecule is CC(O)(CN)Cc1nn2c(C3CCOC3)nnc2s1. The van der Waals surface area contributed by atoms with Crippen molar-refractivity contribution in [3.63, 3.8) is 0 Å². The third-order valence-corrected chi connectivity index (χ3v) is 4.22. The summed E-state index contributed by atoms with van der Waals surface area (Å²) in [4.78, 5) is 0.754. The molecule has 2 aromatic heterocycles. The van der Waals surface area contributed by atoms with Crippen LogP contribution >= 0.6 is 11.3 Å². The van der Waals surface area contributed by atoms with E-state index in [0.717, 1.165) is 28.8 Å². The normalized spacial score (nSPS) is 23.0. The van der Waals surface area contributed by atoms with Gasteiger partial charge >= 0.3 is 0 Å². The van der Waals surface area contributed by atoms with Gasteiger partial charge in [-0.05, 0) is 13.3 Å². The summed E-state index contributed by atoms with van der Waals surface area (Å²) >= 11 is 1.44. The summed E-state index contributed by atoms with van der Waals surface area (Å²) in [6.45, 7) is 3.35. The Labute approximate surface area is 114 Å². The van der Waals surface area contributed by atoms with Crippen LogP contribution in [0, 0.1) is 0 Å². The van der Waals surface area contributed by atoms with Crippen molar-refractivity contribution in [2.45, 2.75) is 31.3 Å². The monoisotopic (exact) mass is 283 g/mol. The number of hydrogen-bond donors (Lipinski definition) is 2. The van der Waals surface area contributed by atoms with Gasteiger partial charge in [-0.15, -0.1) is 10.2 Å². The topological polar surface area (TPSA) is 98.6 Å². The average Bonchev–Trinajstić information content (AvgIpc) is 3.03. The lowest BCUT2D eigenvalue weighted by molar-refractivity contribution is 0.0693. The summed E-state index contributed by atoms with van der Waals surface area (Å²) in [5.41, 5.74) is 4.60. The molecule has 0 saturated carbocycles. The third-order valence-electron chi connectivity index (χ3n) is 3.32. The Morgan fingerprint density at radius 1 is 1.58 bits per heavy atom. The Kier molecular flexibility index (Phi) is 3.25. The molecule has 2 unspecified atom stereocenters. The molecule has 2 aromatic rings. The third kappa shape index (κ3) is 2.48. The van der Waals surface area contributed by atoms with Crippen molar-refractivity contribution in [2.75, 3.05) is 19.8 Å². The van der Waals surface area contributed by atoms with Gasteiger partial charge in [0.05, 0.1) is 12.2 Å². The molecule has 8 heteroatoms. The van der Waals surface area contributed by atoms with Crippen molar-refractivity contribution >= 4 is 16.3 Å². The first kappa shape index (κ1) is 12.9. The molecule has 2 atom stereocenters. The highest BCUT2D eigenvalue weighted by Gasteiger charge is 2.26. The van der Waals surface area contributed by atoms with Crippen molar-refractivity contribution in [3.05, 3.63) is 10.8 Å². The standard InChI is InChI=1S/C11H17N5O2S/c1-11(17,6-12)4-8-15-16-9(7-2-3-18-5-7)13-14-10(16)19-8/h7,17H,2-6,12H2,1H3. The highest BCUT2D eigenvalue weighted by molar-refractivity contribution is 7.16. The minimum Gasteiger partial charge on any atom is -0.388 e. The average molecular weight is 283 g/mol. The molecule has 3 N–H and O–H groups in total. The van der Waals surface area contributed by atoms with Crippen LogP contribution in [0.4, 0.5) is 0 Å². The fourth-order valence-electron chi connectivity index (χ4n) is 2.13. The Balaban J connectivity index is 1.89. The second kappa shape index (κ2) is 4.78. The first-order valence-electron chi connectivity index (χ1n) is 6.30. The van der Waals surface area contributed by atoms with E-state index in [9.17, 15) is 5.11 Å². The zero-order chi connectivity index (χ0) is 13.5. The molecule has 3 heterocycles. The molecule has 0 aromatic carbocycles. The number of nitrogens with zero attached hydrogens (tertiary/aromatic N) is 4. The number of hydrogen-bond acceptors (Lipinski definition) is 7. The van der Waals surface area contributed by atoms with E-state index in [4.69, 9.17) is 10.5 Å². The van der Waals surface area contributed by atoms with E-state index in [2.05, 4.69) is 15.3 Å². The van der Waals surface area contributed by atoms with Gasteiger partial charge in [-0.25, -0.2) is 0 Å². The van der Waals surface area contributed by atoms with Crippen molar-refractivity contribution < 1.29 is 9.84 Å². The Hall–Kier alpha value is -1.09. The van der Waals surface area contributed by atoms with E-state index in [1.807, 2.05) is 0 Å². The zero-order valence-corrected chi connectivity index (χ0v) is 11.6. The molecule has 1 aliphatic heterocycles. The highest BCUT2D eigenvalue weighted by Crippen LogP contribution is 2.26. The van der Waals surface area contributed by atoms with Crippen LogP contribution in [0.2, 0.25) is 0 Å². The van der Waals surface area contributed by atoms with Crippen LogP contribution in [0.5, 0.6) is 0 Å². The molecule has 1 fully saturated rings. The van der Waals surface area contributed by atoms with Gasteiger partial charge in [0.15, 0.2) is 5.82 Å². The van der Waals surface area contributed by atoms with Crippen LogP contribution in [0.15, 0.2) is 0 Å². The number of ether oxygens (including phenoxy) is 1. The van der Waals surface area contributed by atoms with Crippen molar-refractivity contribution in [2.24, 2.45) is 5.73 Å². The highest BCUT2D eigenvalue weighted by atomic mass is 32.1. The molecule has 0 bridgehead atoms. The second-order valence-electron chi connectivity index (χ2n) is 5.19. The minimum atomic E-state index is -0.931. The lowest BCUT2D eigenvalue weighted by atomic mass is 10.0. The number of nitrogens with two attached hydrogens (primary N) is 1. The molecule has 1 aliphatic rings. The van der Waals surface area contributed by atoms with Crippen LogP contribution in [0.25, 0.3) is 4.96 Å². The molecule has 0 spiro atoms. The van der Waals surface area contributed by atoms with Gasteiger partial charge in [0.1, 0.15) is 5.01 Å². The number of aliphatic hydroxyl groups is 1. The lowest BCUT2D eigenvalue weighted by Gasteiger charge is -2.18. The maximum atomic E-state index is 10.00. The van der Waals surface area contributed by atoms with E-state index >= 15 is 0 Å². The molecular formula is C11H17N5O2S. The maximum absolute atomic E-state index is 10.00. The van der Waals surface area contributed by atoms with Crippen molar-refractivity contribution in [1.82, 2.24) is 19.8 Å². The maximum Gasteiger partial charge on any atom is 0.234 e. The van der Waals surface area contributed by atoms with E-state index in [-0.39, 0.29) is 12.5 Å². The summed E-state index contributed by atoms with van der Waals surface area (Å²) < 4.78 is 7.14. The van der Waals surface area contributed by atoms with Gasteiger partial charge in [0, 0.05) is 25.5 Å². The van der Waals surface area contributed by atoms with Crippen LogP contribution in [0.3, 0.4) is 0 Å². The first-order chi connectivity index (χ1) is 9.09. The predicted octanol–water partition coefficient (Wildman–Crippen LogP) is -0.0581. The summed E-state index contributed by atoms with van der Waals surface area (Å²) in [7, 11) is 0. The molecule has 0 aliphatic carbocycles. The Morgan fingerprint density at radius 2 is 2.42 bits per heavy atom. The number of rotatable bonds is 4. The molecule has 19 heavy (non-hydrogen) atoms. The Bertz CT molecular complexity index is 573. The fourth-order valence-corrected chi connectivity index (χ4v) is 3.15. The second-order valence-corrected chi connectivity index (χ2v) is 6.23. The summed E-state index contributed by atoms with van der Waals surface area (Å²) in [6, 6.07) is 0. The van der Waals surface area contributed by atoms with Gasteiger partial charge < -0.3 is 15.6 Å². The molecule has 104 valence electrons. The summed E-state index contributed by atoms with van der Waals surface area (Å²) in [5.74, 6) is 1.11. The van der Waals surface area contributed by atoms with Crippen molar-refractivity contribution in [1.29, 1.82) is 0 Å². The van der Waals surface area contributed by atoms with Crippen LogP contribution in [0.1, 0.15) is 30.1 Å². The first-order valence-corrected chi connectivity index (χ1v) is 7.12. The van der Waals surface area contributed by atoms with Gasteiger partial charge in [-0.3, -0.25) is 0 Å². The van der Waals surface area contributed by atoms with Gasteiger partial charge in [-0.2, -0.15) is 9.61 Å². The molecule has 0 radical (unpaired) electrons. The van der Waals surface area contributed by atoms with Crippen LogP contribution in [-0.4, -0.2) is 50.3 Å².